The number of carbonyl (C=O) groups excluding carboxylic acids is 1. The zero-order valence-corrected chi connectivity index (χ0v) is 10.1. The molecule has 0 aromatic heterocycles. The van der Waals surface area contributed by atoms with Crippen LogP contribution in [0.5, 0.6) is 5.75 Å². The molecule has 0 aliphatic rings. The summed E-state index contributed by atoms with van der Waals surface area (Å²) in [7, 11) is 0. The quantitative estimate of drug-likeness (QED) is 0.776. The molecule has 0 unspecified atom stereocenters. The molecule has 0 spiro atoms. The fourth-order valence-corrected chi connectivity index (χ4v) is 1.60. The molecule has 0 N–H and O–H groups in total. The summed E-state index contributed by atoms with van der Waals surface area (Å²) in [4.78, 5) is 11.2. The molecule has 0 heterocycles. The molecule has 1 aromatic carbocycles. The Morgan fingerprint density at radius 2 is 2.14 bits per heavy atom. The van der Waals surface area contributed by atoms with E-state index in [0.29, 0.717) is 12.2 Å². The van der Waals surface area contributed by atoms with Crippen LogP contribution in [-0.4, -0.2) is 12.4 Å². The number of ketones is 1. The van der Waals surface area contributed by atoms with Crippen molar-refractivity contribution in [2.45, 2.75) is 20.8 Å². The second-order valence-corrected chi connectivity index (χ2v) is 3.92. The molecule has 0 atom stereocenters. The second kappa shape index (κ2) is 4.60. The highest BCUT2D eigenvalue weighted by Gasteiger charge is 2.08. The number of rotatable bonds is 3. The van der Waals surface area contributed by atoms with E-state index in [1.165, 1.54) is 0 Å². The fraction of sp³-hybridized carbons (Fsp3) is 0.364. The van der Waals surface area contributed by atoms with Crippen LogP contribution in [0.25, 0.3) is 0 Å². The van der Waals surface area contributed by atoms with E-state index >= 15 is 0 Å². The highest BCUT2D eigenvalue weighted by Crippen LogP contribution is 2.28. The summed E-state index contributed by atoms with van der Waals surface area (Å²) in [6.45, 7) is 6.04. The van der Waals surface area contributed by atoms with Crippen LogP contribution in [0.1, 0.15) is 29.8 Å². The number of halogens is 1. The molecule has 0 aliphatic heterocycles. The van der Waals surface area contributed by atoms with Crippen LogP contribution in [0.2, 0.25) is 0 Å². The smallest absolute Gasteiger partial charge is 0.159 e. The first-order valence-electron chi connectivity index (χ1n) is 4.50. The van der Waals surface area contributed by atoms with Gasteiger partial charge in [-0.2, -0.15) is 0 Å². The topological polar surface area (TPSA) is 26.3 Å². The second-order valence-electron chi connectivity index (χ2n) is 3.07. The van der Waals surface area contributed by atoms with E-state index in [4.69, 9.17) is 4.74 Å². The van der Waals surface area contributed by atoms with Gasteiger partial charge in [-0.1, -0.05) is 15.9 Å². The van der Waals surface area contributed by atoms with Crippen molar-refractivity contribution in [1.82, 2.24) is 0 Å². The maximum atomic E-state index is 11.2. The maximum Gasteiger partial charge on any atom is 0.159 e. The van der Waals surface area contributed by atoms with Gasteiger partial charge in [0.15, 0.2) is 5.78 Å². The lowest BCUT2D eigenvalue weighted by Gasteiger charge is -2.10. The van der Waals surface area contributed by atoms with Crippen LogP contribution >= 0.6 is 15.9 Å². The van der Waals surface area contributed by atoms with Gasteiger partial charge in [0.2, 0.25) is 0 Å². The molecule has 0 amide bonds. The molecule has 0 radical (unpaired) electrons. The van der Waals surface area contributed by atoms with E-state index in [2.05, 4.69) is 15.9 Å². The highest BCUT2D eigenvalue weighted by molar-refractivity contribution is 9.10. The maximum absolute atomic E-state index is 11.2. The molecule has 1 rings (SSSR count). The van der Waals surface area contributed by atoms with Crippen LogP contribution in [0, 0.1) is 6.92 Å². The monoisotopic (exact) mass is 256 g/mol. The molecule has 0 saturated heterocycles. The van der Waals surface area contributed by atoms with Gasteiger partial charge in [-0.3, -0.25) is 4.79 Å². The number of ether oxygens (including phenoxy) is 1. The summed E-state index contributed by atoms with van der Waals surface area (Å²) in [5, 5.41) is 0. The molecule has 2 nitrogen and oxygen atoms in total. The first-order chi connectivity index (χ1) is 6.56. The summed E-state index contributed by atoms with van der Waals surface area (Å²) in [5.41, 5.74) is 1.70. The average molecular weight is 257 g/mol. The predicted octanol–water partition coefficient (Wildman–Crippen LogP) is 3.36. The Morgan fingerprint density at radius 1 is 1.50 bits per heavy atom. The largest absolute Gasteiger partial charge is 0.494 e. The van der Waals surface area contributed by atoms with Gasteiger partial charge in [0.25, 0.3) is 0 Å². The van der Waals surface area contributed by atoms with E-state index in [1.807, 2.05) is 19.9 Å². The Morgan fingerprint density at radius 3 is 2.64 bits per heavy atom. The predicted molar refractivity (Wildman–Crippen MR) is 60.1 cm³/mol. The molecule has 3 heteroatoms. The molecule has 1 aromatic rings. The van der Waals surface area contributed by atoms with Gasteiger partial charge in [-0.15, -0.1) is 0 Å². The zero-order valence-electron chi connectivity index (χ0n) is 8.56. The lowest BCUT2D eigenvalue weighted by molar-refractivity contribution is 0.101. The molecule has 0 aliphatic carbocycles. The first kappa shape index (κ1) is 11.2. The van der Waals surface area contributed by atoms with Crippen LogP contribution < -0.4 is 4.74 Å². The van der Waals surface area contributed by atoms with Crippen molar-refractivity contribution in [2.75, 3.05) is 6.61 Å². The lowest BCUT2D eigenvalue weighted by atomic mass is 10.1. The summed E-state index contributed by atoms with van der Waals surface area (Å²) in [6.07, 6.45) is 0. The number of Topliss-reactive ketones (excluding diaryl/α,β-unsaturated/α-hetero) is 1. The van der Waals surface area contributed by atoms with Crippen molar-refractivity contribution in [2.24, 2.45) is 0 Å². The van der Waals surface area contributed by atoms with Gasteiger partial charge >= 0.3 is 0 Å². The average Bonchev–Trinajstić information content (AvgIpc) is 2.12. The lowest BCUT2D eigenvalue weighted by Crippen LogP contribution is -1.99. The molecular weight excluding hydrogens is 244 g/mol. The van der Waals surface area contributed by atoms with E-state index in [1.54, 1.807) is 13.0 Å². The zero-order chi connectivity index (χ0) is 10.7. The van der Waals surface area contributed by atoms with Gasteiger partial charge in [0, 0.05) is 15.6 Å². The number of hydrogen-bond donors (Lipinski definition) is 0. The van der Waals surface area contributed by atoms with E-state index < -0.39 is 0 Å². The SMILES string of the molecule is CCOc1cc(C(C)=O)cc(Br)c1C. The van der Waals surface area contributed by atoms with Crippen molar-refractivity contribution >= 4 is 21.7 Å². The fourth-order valence-electron chi connectivity index (χ4n) is 1.16. The van der Waals surface area contributed by atoms with E-state index in [-0.39, 0.29) is 5.78 Å². The van der Waals surface area contributed by atoms with Crippen molar-refractivity contribution in [3.8, 4) is 5.75 Å². The Balaban J connectivity index is 3.20. The van der Waals surface area contributed by atoms with Crippen molar-refractivity contribution < 1.29 is 9.53 Å². The van der Waals surface area contributed by atoms with Gasteiger partial charge in [-0.05, 0) is 32.9 Å². The number of carbonyl (C=O) groups is 1. The van der Waals surface area contributed by atoms with Gasteiger partial charge in [0.1, 0.15) is 5.75 Å². The molecule has 76 valence electrons. The number of hydrogen-bond acceptors (Lipinski definition) is 2. The summed E-state index contributed by atoms with van der Waals surface area (Å²) < 4.78 is 6.34. The number of benzene rings is 1. The molecule has 0 bridgehead atoms. The first-order valence-corrected chi connectivity index (χ1v) is 5.29. The third-order valence-corrected chi connectivity index (χ3v) is 2.83. The van der Waals surface area contributed by atoms with Crippen LogP contribution in [0.4, 0.5) is 0 Å². The highest BCUT2D eigenvalue weighted by atomic mass is 79.9. The Labute approximate surface area is 92.4 Å². The van der Waals surface area contributed by atoms with E-state index in [9.17, 15) is 4.79 Å². The van der Waals surface area contributed by atoms with Crippen LogP contribution in [-0.2, 0) is 0 Å². The third-order valence-electron chi connectivity index (χ3n) is 2.00. The van der Waals surface area contributed by atoms with Crippen LogP contribution in [0.3, 0.4) is 0 Å². The van der Waals surface area contributed by atoms with Gasteiger partial charge < -0.3 is 4.74 Å². The minimum Gasteiger partial charge on any atom is -0.494 e. The standard InChI is InChI=1S/C11H13BrO2/c1-4-14-11-6-9(8(3)13)5-10(12)7(11)2/h5-6H,4H2,1-3H3. The molecule has 14 heavy (non-hydrogen) atoms. The Hall–Kier alpha value is -0.830. The van der Waals surface area contributed by atoms with Crippen molar-refractivity contribution in [3.63, 3.8) is 0 Å². The normalized spacial score (nSPS) is 10.0. The van der Waals surface area contributed by atoms with Crippen molar-refractivity contribution in [1.29, 1.82) is 0 Å². The minimum absolute atomic E-state index is 0.0478. The van der Waals surface area contributed by atoms with Gasteiger partial charge in [0.05, 0.1) is 6.61 Å². The third kappa shape index (κ3) is 2.35. The Kier molecular flexibility index (Phi) is 3.69. The molecule has 0 fully saturated rings. The summed E-state index contributed by atoms with van der Waals surface area (Å²) in [5.74, 6) is 0.818. The summed E-state index contributed by atoms with van der Waals surface area (Å²) >= 11 is 3.40. The van der Waals surface area contributed by atoms with Gasteiger partial charge in [-0.25, -0.2) is 0 Å². The summed E-state index contributed by atoms with van der Waals surface area (Å²) in [6, 6.07) is 3.60. The molecule has 0 saturated carbocycles. The minimum atomic E-state index is 0.0478. The van der Waals surface area contributed by atoms with E-state index in [0.717, 1.165) is 15.8 Å². The van der Waals surface area contributed by atoms with Crippen LogP contribution in [0.15, 0.2) is 16.6 Å². The Bertz CT molecular complexity index is 359. The van der Waals surface area contributed by atoms with Crippen molar-refractivity contribution in [3.05, 3.63) is 27.7 Å². The molecular formula is C11H13BrO2.